The van der Waals surface area contributed by atoms with Gasteiger partial charge >= 0.3 is 6.03 Å². The second-order valence-electron chi connectivity index (χ2n) is 4.66. The molecule has 1 heterocycles. The van der Waals surface area contributed by atoms with Crippen LogP contribution in [0.4, 0.5) is 10.5 Å². The molecule has 0 aromatic heterocycles. The van der Waals surface area contributed by atoms with E-state index in [-0.39, 0.29) is 6.03 Å². The van der Waals surface area contributed by atoms with Gasteiger partial charge in [-0.2, -0.15) is 0 Å². The second-order valence-corrected chi connectivity index (χ2v) is 5.07. The molecule has 0 bridgehead atoms. The van der Waals surface area contributed by atoms with Crippen molar-refractivity contribution >= 4 is 23.3 Å². The minimum atomic E-state index is -0.0931. The molecule has 3 nitrogen and oxygen atoms in total. The highest BCUT2D eigenvalue weighted by molar-refractivity contribution is 6.33. The van der Waals surface area contributed by atoms with Crippen LogP contribution in [0.5, 0.6) is 0 Å². The largest absolute Gasteiger partial charge is 0.322 e. The van der Waals surface area contributed by atoms with Crippen molar-refractivity contribution in [2.45, 2.75) is 20.3 Å². The Morgan fingerprint density at radius 3 is 2.78 bits per heavy atom. The molecular formula is C14H17ClN2O. The van der Waals surface area contributed by atoms with Gasteiger partial charge in [0.15, 0.2) is 0 Å². The SMILES string of the molecule is CC1=CCN(C(=O)Nc2ccc(C)cc2Cl)CC1. The van der Waals surface area contributed by atoms with Crippen LogP contribution in [-0.2, 0) is 0 Å². The first-order chi connectivity index (χ1) is 8.56. The molecule has 0 saturated heterocycles. The van der Waals surface area contributed by atoms with Gasteiger partial charge in [-0.05, 0) is 38.0 Å². The average molecular weight is 265 g/mol. The van der Waals surface area contributed by atoms with E-state index in [0.717, 1.165) is 18.5 Å². The molecule has 1 N–H and O–H groups in total. The molecule has 0 atom stereocenters. The standard InChI is InChI=1S/C14H17ClN2O/c1-10-5-7-17(8-6-10)14(18)16-13-4-3-11(2)9-12(13)15/h3-5,9H,6-8H2,1-2H3,(H,16,18). The summed E-state index contributed by atoms with van der Waals surface area (Å²) in [5.41, 5.74) is 3.08. The van der Waals surface area contributed by atoms with Crippen molar-refractivity contribution in [1.82, 2.24) is 4.90 Å². The van der Waals surface area contributed by atoms with Gasteiger partial charge < -0.3 is 10.2 Å². The zero-order valence-electron chi connectivity index (χ0n) is 10.7. The van der Waals surface area contributed by atoms with E-state index in [1.165, 1.54) is 5.57 Å². The molecule has 0 aliphatic carbocycles. The number of carbonyl (C=O) groups excluding carboxylic acids is 1. The highest BCUT2D eigenvalue weighted by atomic mass is 35.5. The fourth-order valence-electron chi connectivity index (χ4n) is 1.87. The average Bonchev–Trinajstić information content (AvgIpc) is 2.33. The van der Waals surface area contributed by atoms with E-state index in [1.54, 1.807) is 4.90 Å². The Hall–Kier alpha value is -1.48. The topological polar surface area (TPSA) is 32.3 Å². The molecule has 1 aliphatic heterocycles. The molecule has 1 aliphatic rings. The van der Waals surface area contributed by atoms with Gasteiger partial charge in [-0.3, -0.25) is 0 Å². The lowest BCUT2D eigenvalue weighted by Gasteiger charge is -2.25. The maximum Gasteiger partial charge on any atom is 0.322 e. The molecule has 0 saturated carbocycles. The Kier molecular flexibility index (Phi) is 3.92. The maximum absolute atomic E-state index is 12.0. The predicted octanol–water partition coefficient (Wildman–Crippen LogP) is 3.83. The minimum Gasteiger partial charge on any atom is -0.320 e. The van der Waals surface area contributed by atoms with Gasteiger partial charge in [0.25, 0.3) is 0 Å². The highest BCUT2D eigenvalue weighted by Crippen LogP contribution is 2.23. The lowest BCUT2D eigenvalue weighted by atomic mass is 10.1. The fraction of sp³-hybridized carbons (Fsp3) is 0.357. The second kappa shape index (κ2) is 5.44. The number of nitrogens with one attached hydrogen (secondary N) is 1. The molecule has 0 spiro atoms. The van der Waals surface area contributed by atoms with Crippen LogP contribution in [0.3, 0.4) is 0 Å². The predicted molar refractivity (Wildman–Crippen MR) is 75.2 cm³/mol. The van der Waals surface area contributed by atoms with E-state index in [1.807, 2.05) is 25.1 Å². The summed E-state index contributed by atoms with van der Waals surface area (Å²) in [5.74, 6) is 0. The van der Waals surface area contributed by atoms with Crippen LogP contribution >= 0.6 is 11.6 Å². The van der Waals surface area contributed by atoms with Crippen molar-refractivity contribution in [3.63, 3.8) is 0 Å². The molecule has 0 fully saturated rings. The molecule has 0 unspecified atom stereocenters. The van der Waals surface area contributed by atoms with Crippen LogP contribution in [-0.4, -0.2) is 24.0 Å². The zero-order chi connectivity index (χ0) is 13.1. The van der Waals surface area contributed by atoms with Crippen molar-refractivity contribution in [3.8, 4) is 0 Å². The molecular weight excluding hydrogens is 248 g/mol. The maximum atomic E-state index is 12.0. The van der Waals surface area contributed by atoms with E-state index < -0.39 is 0 Å². The number of aryl methyl sites for hydroxylation is 1. The third-order valence-corrected chi connectivity index (χ3v) is 3.40. The summed E-state index contributed by atoms with van der Waals surface area (Å²) >= 11 is 6.09. The number of rotatable bonds is 1. The number of hydrogen-bond acceptors (Lipinski definition) is 1. The number of halogens is 1. The molecule has 1 aromatic rings. The van der Waals surface area contributed by atoms with Gasteiger partial charge in [0.2, 0.25) is 0 Å². The first-order valence-electron chi connectivity index (χ1n) is 6.04. The lowest BCUT2D eigenvalue weighted by molar-refractivity contribution is 0.215. The number of nitrogens with zero attached hydrogens (tertiary/aromatic N) is 1. The van der Waals surface area contributed by atoms with Crippen LogP contribution in [0.1, 0.15) is 18.9 Å². The Labute approximate surface area is 112 Å². The summed E-state index contributed by atoms with van der Waals surface area (Å²) in [6, 6.07) is 5.52. The van der Waals surface area contributed by atoms with Gasteiger partial charge in [-0.1, -0.05) is 29.3 Å². The van der Waals surface area contributed by atoms with Gasteiger partial charge in [0, 0.05) is 13.1 Å². The van der Waals surface area contributed by atoms with E-state index in [0.29, 0.717) is 17.3 Å². The normalized spacial score (nSPS) is 15.3. The summed E-state index contributed by atoms with van der Waals surface area (Å²) in [5, 5.41) is 3.42. The summed E-state index contributed by atoms with van der Waals surface area (Å²) in [6.45, 7) is 5.49. The third-order valence-electron chi connectivity index (χ3n) is 3.09. The molecule has 2 rings (SSSR count). The summed E-state index contributed by atoms with van der Waals surface area (Å²) in [4.78, 5) is 13.8. The van der Waals surface area contributed by atoms with E-state index >= 15 is 0 Å². The molecule has 18 heavy (non-hydrogen) atoms. The molecule has 0 radical (unpaired) electrons. The van der Waals surface area contributed by atoms with Crippen LogP contribution in [0.15, 0.2) is 29.8 Å². The summed E-state index contributed by atoms with van der Waals surface area (Å²) < 4.78 is 0. The first kappa shape index (κ1) is 13.0. The van der Waals surface area contributed by atoms with Gasteiger partial charge in [-0.25, -0.2) is 4.79 Å². The molecule has 2 amide bonds. The Morgan fingerprint density at radius 1 is 1.39 bits per heavy atom. The van der Waals surface area contributed by atoms with Crippen molar-refractivity contribution in [2.24, 2.45) is 0 Å². The first-order valence-corrected chi connectivity index (χ1v) is 6.42. The van der Waals surface area contributed by atoms with E-state index in [9.17, 15) is 4.79 Å². The zero-order valence-corrected chi connectivity index (χ0v) is 11.4. The van der Waals surface area contributed by atoms with E-state index in [4.69, 9.17) is 11.6 Å². The Morgan fingerprint density at radius 2 is 2.17 bits per heavy atom. The van der Waals surface area contributed by atoms with Crippen molar-refractivity contribution < 1.29 is 4.79 Å². The lowest BCUT2D eigenvalue weighted by Crippen LogP contribution is -2.37. The fourth-order valence-corrected chi connectivity index (χ4v) is 2.15. The molecule has 96 valence electrons. The van der Waals surface area contributed by atoms with Crippen LogP contribution in [0.25, 0.3) is 0 Å². The summed E-state index contributed by atoms with van der Waals surface area (Å²) in [7, 11) is 0. The number of urea groups is 1. The smallest absolute Gasteiger partial charge is 0.320 e. The van der Waals surface area contributed by atoms with Crippen LogP contribution < -0.4 is 5.32 Å². The summed E-state index contributed by atoms with van der Waals surface area (Å²) in [6.07, 6.45) is 3.02. The van der Waals surface area contributed by atoms with Crippen molar-refractivity contribution in [1.29, 1.82) is 0 Å². The number of hydrogen-bond donors (Lipinski definition) is 1. The number of carbonyl (C=O) groups is 1. The van der Waals surface area contributed by atoms with E-state index in [2.05, 4.69) is 18.3 Å². The monoisotopic (exact) mass is 264 g/mol. The number of amides is 2. The Bertz CT molecular complexity index is 497. The highest BCUT2D eigenvalue weighted by Gasteiger charge is 2.16. The Balaban J connectivity index is 2.03. The van der Waals surface area contributed by atoms with Crippen LogP contribution in [0.2, 0.25) is 5.02 Å². The quantitative estimate of drug-likeness (QED) is 0.768. The van der Waals surface area contributed by atoms with Gasteiger partial charge in [-0.15, -0.1) is 0 Å². The van der Waals surface area contributed by atoms with Crippen molar-refractivity contribution in [2.75, 3.05) is 18.4 Å². The number of anilines is 1. The minimum absolute atomic E-state index is 0.0931. The van der Waals surface area contributed by atoms with Crippen LogP contribution in [0, 0.1) is 6.92 Å². The van der Waals surface area contributed by atoms with Gasteiger partial charge in [0.05, 0.1) is 10.7 Å². The third kappa shape index (κ3) is 3.05. The van der Waals surface area contributed by atoms with Gasteiger partial charge in [0.1, 0.15) is 0 Å². The van der Waals surface area contributed by atoms with Crippen molar-refractivity contribution in [3.05, 3.63) is 40.4 Å². The number of benzene rings is 1. The molecule has 1 aromatic carbocycles. The molecule has 4 heteroatoms.